The predicted octanol–water partition coefficient (Wildman–Crippen LogP) is 8.05. The summed E-state index contributed by atoms with van der Waals surface area (Å²) in [4.78, 5) is 7.57. The van der Waals surface area contributed by atoms with E-state index in [0.29, 0.717) is 19.8 Å². The van der Waals surface area contributed by atoms with Gasteiger partial charge in [-0.05, 0) is 94.8 Å². The number of rotatable bonds is 19. The molecule has 1 N–H and O–H groups in total. The number of nitrogens with one attached hydrogen (secondary N) is 1. The number of fused-ring (bicyclic) bond motifs is 1. The summed E-state index contributed by atoms with van der Waals surface area (Å²) in [6.07, 6.45) is 2.71. The molecule has 1 aromatic heterocycles. The normalized spacial score (nSPS) is 11.5. The first-order valence-corrected chi connectivity index (χ1v) is 16.5. The third kappa shape index (κ3) is 9.37. The van der Waals surface area contributed by atoms with Crippen LogP contribution in [0.1, 0.15) is 59.1 Å². The zero-order valence-electron chi connectivity index (χ0n) is 27.1. The van der Waals surface area contributed by atoms with Crippen molar-refractivity contribution in [2.45, 2.75) is 59.9 Å². The molecule has 3 aromatic carbocycles. The Morgan fingerprint density at radius 1 is 0.841 bits per heavy atom. The average Bonchev–Trinajstić information content (AvgIpc) is 3.42. The molecule has 4 rings (SSSR count). The minimum Gasteiger partial charge on any atom is -0.493 e. The molecule has 1 heterocycles. The molecule has 0 atom stereocenters. The molecule has 0 bridgehead atoms. The summed E-state index contributed by atoms with van der Waals surface area (Å²) in [5.41, 5.74) is 4.10. The fourth-order valence-electron chi connectivity index (χ4n) is 5.27. The van der Waals surface area contributed by atoms with E-state index < -0.39 is 0 Å². The summed E-state index contributed by atoms with van der Waals surface area (Å²) in [6.45, 7) is 17.8. The second kappa shape index (κ2) is 17.3. The van der Waals surface area contributed by atoms with Crippen molar-refractivity contribution in [1.82, 2.24) is 19.8 Å². The summed E-state index contributed by atoms with van der Waals surface area (Å²) < 4.78 is 21.0. The molecule has 0 fully saturated rings. The zero-order valence-corrected chi connectivity index (χ0v) is 27.8. The van der Waals surface area contributed by atoms with Crippen LogP contribution in [0.5, 0.6) is 17.2 Å². The number of ether oxygens (including phenoxy) is 3. The van der Waals surface area contributed by atoms with Crippen molar-refractivity contribution in [2.75, 3.05) is 52.5 Å². The van der Waals surface area contributed by atoms with Gasteiger partial charge in [0.2, 0.25) is 0 Å². The zero-order chi connectivity index (χ0) is 31.3. The Morgan fingerprint density at radius 2 is 1.55 bits per heavy atom. The molecule has 0 unspecified atom stereocenters. The van der Waals surface area contributed by atoms with Crippen LogP contribution in [0.3, 0.4) is 0 Å². The van der Waals surface area contributed by atoms with Gasteiger partial charge in [-0.2, -0.15) is 0 Å². The number of aromatic nitrogens is 2. The van der Waals surface area contributed by atoms with Gasteiger partial charge in [0.25, 0.3) is 0 Å². The lowest BCUT2D eigenvalue weighted by Gasteiger charge is -2.18. The lowest BCUT2D eigenvalue weighted by molar-refractivity contribution is 0.248. The first kappa shape index (κ1) is 33.6. The highest BCUT2D eigenvalue weighted by atomic mass is 35.5. The Hall–Kier alpha value is -3.26. The van der Waals surface area contributed by atoms with Crippen LogP contribution in [0.25, 0.3) is 22.4 Å². The van der Waals surface area contributed by atoms with E-state index >= 15 is 0 Å². The van der Waals surface area contributed by atoms with Crippen molar-refractivity contribution in [3.63, 3.8) is 0 Å². The monoisotopic (exact) mass is 620 g/mol. The molecule has 0 amide bonds. The van der Waals surface area contributed by atoms with Gasteiger partial charge in [0.05, 0.1) is 25.3 Å². The Bertz CT molecular complexity index is 1420. The van der Waals surface area contributed by atoms with Gasteiger partial charge in [0, 0.05) is 41.7 Å². The molecule has 0 aliphatic rings. The topological polar surface area (TPSA) is 60.8 Å². The second-order valence-electron chi connectivity index (χ2n) is 11.2. The number of hydrogen-bond acceptors (Lipinski definition) is 6. The second-order valence-corrected chi connectivity index (χ2v) is 11.7. The Morgan fingerprint density at radius 3 is 2.23 bits per heavy atom. The molecule has 0 spiro atoms. The van der Waals surface area contributed by atoms with Gasteiger partial charge >= 0.3 is 0 Å². The predicted molar refractivity (Wildman–Crippen MR) is 183 cm³/mol. The van der Waals surface area contributed by atoms with Crippen molar-refractivity contribution in [1.29, 1.82) is 0 Å². The van der Waals surface area contributed by atoms with Crippen LogP contribution in [-0.4, -0.2) is 67.0 Å². The fourth-order valence-corrected chi connectivity index (χ4v) is 5.40. The highest BCUT2D eigenvalue weighted by molar-refractivity contribution is 6.30. The van der Waals surface area contributed by atoms with E-state index in [-0.39, 0.29) is 6.04 Å². The SMILES string of the molecule is CCNCCCOc1cc(OCCCN(CC)CC)cc2c1nc(-c1ccc(OCCc3ccc(Cl)cc3)cc1)n2C(C)C. The molecule has 0 aliphatic carbocycles. The molecule has 7 nitrogen and oxygen atoms in total. The van der Waals surface area contributed by atoms with E-state index in [9.17, 15) is 0 Å². The van der Waals surface area contributed by atoms with Crippen LogP contribution in [0.2, 0.25) is 5.02 Å². The van der Waals surface area contributed by atoms with Gasteiger partial charge in [-0.25, -0.2) is 4.98 Å². The standard InChI is InChI=1S/C36H49ClN4O3/c1-6-38-20-9-22-44-34-26-32(42-23-10-21-40(7-2)8-3)25-33-35(34)39-36(41(33)27(4)5)29-13-17-31(18-14-29)43-24-19-28-11-15-30(37)16-12-28/h11-18,25-27,38H,6-10,19-24H2,1-5H3. The smallest absolute Gasteiger partial charge is 0.150 e. The van der Waals surface area contributed by atoms with Crippen LogP contribution in [-0.2, 0) is 6.42 Å². The molecule has 0 aliphatic heterocycles. The maximum atomic E-state index is 6.34. The van der Waals surface area contributed by atoms with Crippen molar-refractivity contribution < 1.29 is 14.2 Å². The lowest BCUT2D eigenvalue weighted by atomic mass is 10.1. The van der Waals surface area contributed by atoms with Gasteiger partial charge in [-0.1, -0.05) is 44.5 Å². The van der Waals surface area contributed by atoms with E-state index in [1.807, 2.05) is 42.5 Å². The van der Waals surface area contributed by atoms with Gasteiger partial charge in [-0.3, -0.25) is 0 Å². The van der Waals surface area contributed by atoms with E-state index in [4.69, 9.17) is 30.8 Å². The quantitative estimate of drug-likeness (QED) is 0.107. The van der Waals surface area contributed by atoms with Crippen molar-refractivity contribution in [3.8, 4) is 28.6 Å². The van der Waals surface area contributed by atoms with Crippen LogP contribution in [0, 0.1) is 0 Å². The molecule has 0 saturated carbocycles. The van der Waals surface area contributed by atoms with E-state index in [1.165, 1.54) is 5.56 Å². The van der Waals surface area contributed by atoms with Gasteiger partial charge in [-0.15, -0.1) is 0 Å². The third-order valence-electron chi connectivity index (χ3n) is 7.72. The van der Waals surface area contributed by atoms with Crippen LogP contribution >= 0.6 is 11.6 Å². The number of benzene rings is 3. The Kier molecular flexibility index (Phi) is 13.2. The minimum atomic E-state index is 0.185. The van der Waals surface area contributed by atoms with Gasteiger partial charge < -0.3 is 29.0 Å². The number of imidazole rings is 1. The van der Waals surface area contributed by atoms with Crippen LogP contribution in [0.15, 0.2) is 60.7 Å². The molecule has 0 radical (unpaired) electrons. The molecule has 44 heavy (non-hydrogen) atoms. The highest BCUT2D eigenvalue weighted by Gasteiger charge is 2.20. The first-order chi connectivity index (χ1) is 21.4. The summed E-state index contributed by atoms with van der Waals surface area (Å²) >= 11 is 6.01. The van der Waals surface area contributed by atoms with Gasteiger partial charge in [0.1, 0.15) is 22.8 Å². The van der Waals surface area contributed by atoms with Crippen molar-refractivity contribution in [3.05, 3.63) is 71.2 Å². The summed E-state index contributed by atoms with van der Waals surface area (Å²) in [5, 5.41) is 4.12. The molecule has 8 heteroatoms. The maximum absolute atomic E-state index is 6.34. The van der Waals surface area contributed by atoms with Crippen LogP contribution < -0.4 is 19.5 Å². The molecular formula is C36H49ClN4O3. The van der Waals surface area contributed by atoms with Crippen LogP contribution in [0.4, 0.5) is 0 Å². The first-order valence-electron chi connectivity index (χ1n) is 16.2. The van der Waals surface area contributed by atoms with Crippen molar-refractivity contribution in [2.24, 2.45) is 0 Å². The van der Waals surface area contributed by atoms with E-state index in [0.717, 1.165) is 96.7 Å². The minimum absolute atomic E-state index is 0.185. The maximum Gasteiger partial charge on any atom is 0.150 e. The number of hydrogen-bond donors (Lipinski definition) is 1. The largest absolute Gasteiger partial charge is 0.493 e. The fraction of sp³-hybridized carbons (Fsp3) is 0.472. The Labute approximate surface area is 268 Å². The number of nitrogens with zero attached hydrogens (tertiary/aromatic N) is 3. The van der Waals surface area contributed by atoms with E-state index in [2.05, 4.69) is 67.6 Å². The summed E-state index contributed by atoms with van der Waals surface area (Å²) in [5.74, 6) is 3.32. The Balaban J connectivity index is 1.55. The lowest BCUT2D eigenvalue weighted by Crippen LogP contribution is -2.25. The van der Waals surface area contributed by atoms with E-state index in [1.54, 1.807) is 0 Å². The van der Waals surface area contributed by atoms with Crippen molar-refractivity contribution >= 4 is 22.6 Å². The average molecular weight is 621 g/mol. The third-order valence-corrected chi connectivity index (χ3v) is 7.97. The molecule has 4 aromatic rings. The highest BCUT2D eigenvalue weighted by Crippen LogP contribution is 2.37. The molecule has 0 saturated heterocycles. The summed E-state index contributed by atoms with van der Waals surface area (Å²) in [6, 6.07) is 20.4. The number of halogens is 1. The summed E-state index contributed by atoms with van der Waals surface area (Å²) in [7, 11) is 0. The molecular weight excluding hydrogens is 572 g/mol. The van der Waals surface area contributed by atoms with Gasteiger partial charge in [0.15, 0.2) is 5.75 Å². The molecule has 238 valence electrons.